The molecule has 0 unspecified atom stereocenters. The number of unbranched alkanes of at least 4 members (excludes halogenated alkanes) is 1. The molecule has 0 radical (unpaired) electrons. The van der Waals surface area contributed by atoms with Gasteiger partial charge in [-0.3, -0.25) is 0 Å². The van der Waals surface area contributed by atoms with E-state index < -0.39 is 8.56 Å². The molecule has 0 aromatic rings. The monoisotopic (exact) mass is 191 g/mol. The lowest BCUT2D eigenvalue weighted by Crippen LogP contribution is -2.36. The lowest BCUT2D eigenvalue weighted by molar-refractivity contribution is 0.181. The van der Waals surface area contributed by atoms with E-state index in [9.17, 15) is 0 Å². The molecule has 2 N–H and O–H groups in total. The molecule has 0 aromatic carbocycles. The van der Waals surface area contributed by atoms with Crippen molar-refractivity contribution >= 4 is 8.56 Å². The number of hydrogen-bond acceptors (Lipinski definition) is 3. The lowest BCUT2D eigenvalue weighted by Gasteiger charge is -2.22. The minimum atomic E-state index is -1.84. The van der Waals surface area contributed by atoms with Crippen LogP contribution in [0.3, 0.4) is 0 Å². The highest BCUT2D eigenvalue weighted by Crippen LogP contribution is 2.06. The van der Waals surface area contributed by atoms with Crippen molar-refractivity contribution in [2.24, 2.45) is 5.73 Å². The van der Waals surface area contributed by atoms with Crippen LogP contribution in [0.4, 0.5) is 0 Å². The quantitative estimate of drug-likeness (QED) is 0.490. The first kappa shape index (κ1) is 12.1. The maximum absolute atomic E-state index is 5.63. The molecule has 0 aliphatic heterocycles. The van der Waals surface area contributed by atoms with Gasteiger partial charge in [0, 0.05) is 19.8 Å². The van der Waals surface area contributed by atoms with Gasteiger partial charge in [-0.2, -0.15) is 0 Å². The van der Waals surface area contributed by atoms with Crippen LogP contribution in [0.2, 0.25) is 13.1 Å². The molecular formula is C8H21NO2Si. The summed E-state index contributed by atoms with van der Waals surface area (Å²) in [5.41, 5.74) is 5.33. The molecule has 12 heavy (non-hydrogen) atoms. The van der Waals surface area contributed by atoms with Crippen molar-refractivity contribution in [1.82, 2.24) is 0 Å². The second-order valence-corrected chi connectivity index (χ2v) is 6.62. The summed E-state index contributed by atoms with van der Waals surface area (Å²) in [6.07, 6.45) is 2.28. The fourth-order valence-corrected chi connectivity index (χ4v) is 2.14. The zero-order chi connectivity index (χ0) is 9.45. The van der Waals surface area contributed by atoms with Gasteiger partial charge >= 0.3 is 8.56 Å². The van der Waals surface area contributed by atoms with Crippen molar-refractivity contribution in [3.8, 4) is 0 Å². The van der Waals surface area contributed by atoms with Crippen molar-refractivity contribution in [2.45, 2.75) is 32.9 Å². The maximum Gasteiger partial charge on any atom is 0.331 e. The first-order chi connectivity index (χ1) is 5.62. The fourth-order valence-electron chi connectivity index (χ4n) is 0.809. The highest BCUT2D eigenvalue weighted by molar-refractivity contribution is 6.64. The molecule has 0 saturated heterocycles. The van der Waals surface area contributed by atoms with Crippen molar-refractivity contribution in [2.75, 3.05) is 19.8 Å². The average molecular weight is 191 g/mol. The predicted octanol–water partition coefficient (Wildman–Crippen LogP) is 1.48. The highest BCUT2D eigenvalue weighted by Gasteiger charge is 2.23. The van der Waals surface area contributed by atoms with Crippen molar-refractivity contribution in [1.29, 1.82) is 0 Å². The molecule has 0 aliphatic rings. The zero-order valence-corrected chi connectivity index (χ0v) is 9.43. The third-order valence-corrected chi connectivity index (χ3v) is 3.31. The molecule has 0 aromatic heterocycles. The molecule has 0 bridgehead atoms. The topological polar surface area (TPSA) is 44.5 Å². The summed E-state index contributed by atoms with van der Waals surface area (Å²) in [6, 6.07) is 0. The van der Waals surface area contributed by atoms with Crippen LogP contribution in [0.15, 0.2) is 0 Å². The van der Waals surface area contributed by atoms with Crippen LogP contribution < -0.4 is 5.73 Å². The van der Waals surface area contributed by atoms with Gasteiger partial charge < -0.3 is 14.6 Å². The van der Waals surface area contributed by atoms with Crippen LogP contribution in [0, 0.1) is 0 Å². The summed E-state index contributed by atoms with van der Waals surface area (Å²) >= 11 is 0. The molecule has 0 heterocycles. The smallest absolute Gasteiger partial charge is 0.331 e. The van der Waals surface area contributed by atoms with E-state index in [2.05, 4.69) is 20.0 Å². The standard InChI is InChI=1S/C8H21NO2Si/c1-4-5-7-10-12(2,3)11-8-6-9/h4-9H2,1-3H3. The molecule has 0 atom stereocenters. The van der Waals surface area contributed by atoms with Gasteiger partial charge in [0.05, 0.1) is 0 Å². The van der Waals surface area contributed by atoms with E-state index in [0.717, 1.165) is 13.0 Å². The second kappa shape index (κ2) is 6.60. The Labute approximate surface area is 76.5 Å². The van der Waals surface area contributed by atoms with E-state index in [-0.39, 0.29) is 0 Å². The fraction of sp³-hybridized carbons (Fsp3) is 1.00. The highest BCUT2D eigenvalue weighted by atomic mass is 28.4. The van der Waals surface area contributed by atoms with Gasteiger partial charge in [0.1, 0.15) is 0 Å². The van der Waals surface area contributed by atoms with Gasteiger partial charge in [-0.15, -0.1) is 0 Å². The molecule has 0 rings (SSSR count). The molecule has 3 nitrogen and oxygen atoms in total. The van der Waals surface area contributed by atoms with E-state index in [0.29, 0.717) is 13.2 Å². The van der Waals surface area contributed by atoms with Crippen molar-refractivity contribution in [3.05, 3.63) is 0 Å². The minimum Gasteiger partial charge on any atom is -0.395 e. The molecule has 0 aliphatic carbocycles. The largest absolute Gasteiger partial charge is 0.395 e. The molecule has 0 saturated carbocycles. The van der Waals surface area contributed by atoms with E-state index in [1.165, 1.54) is 6.42 Å². The number of nitrogens with two attached hydrogens (primary N) is 1. The molecule has 4 heteroatoms. The van der Waals surface area contributed by atoms with E-state index in [4.69, 9.17) is 14.6 Å². The zero-order valence-electron chi connectivity index (χ0n) is 8.43. The third kappa shape index (κ3) is 6.79. The SMILES string of the molecule is CCCCO[Si](C)(C)OCCN. The minimum absolute atomic E-state index is 0.577. The van der Waals surface area contributed by atoms with Gasteiger partial charge in [-0.05, 0) is 19.5 Å². The molecule has 74 valence electrons. The summed E-state index contributed by atoms with van der Waals surface area (Å²) in [6.45, 7) is 8.27. The Kier molecular flexibility index (Phi) is 6.65. The maximum atomic E-state index is 5.63. The summed E-state index contributed by atoms with van der Waals surface area (Å²) in [7, 11) is -1.84. The van der Waals surface area contributed by atoms with Crippen molar-refractivity contribution in [3.63, 3.8) is 0 Å². The normalized spacial score (nSPS) is 12.0. The average Bonchev–Trinajstić information content (AvgIpc) is 2.01. The van der Waals surface area contributed by atoms with E-state index >= 15 is 0 Å². The first-order valence-electron chi connectivity index (χ1n) is 4.60. The van der Waals surface area contributed by atoms with Crippen LogP contribution in [0.5, 0.6) is 0 Å². The van der Waals surface area contributed by atoms with Gasteiger partial charge in [-0.25, -0.2) is 0 Å². The summed E-state index contributed by atoms with van der Waals surface area (Å²) in [5.74, 6) is 0. The van der Waals surface area contributed by atoms with Gasteiger partial charge in [0.2, 0.25) is 0 Å². The van der Waals surface area contributed by atoms with Crippen LogP contribution in [-0.4, -0.2) is 28.3 Å². The van der Waals surface area contributed by atoms with E-state index in [1.807, 2.05) is 0 Å². The van der Waals surface area contributed by atoms with Crippen LogP contribution >= 0.6 is 0 Å². The summed E-state index contributed by atoms with van der Waals surface area (Å²) in [5, 5.41) is 0. The van der Waals surface area contributed by atoms with Crippen LogP contribution in [-0.2, 0) is 8.85 Å². The van der Waals surface area contributed by atoms with Crippen LogP contribution in [0.1, 0.15) is 19.8 Å². The Morgan fingerprint density at radius 3 is 2.25 bits per heavy atom. The predicted molar refractivity (Wildman–Crippen MR) is 53.3 cm³/mol. The lowest BCUT2D eigenvalue weighted by atomic mass is 10.4. The van der Waals surface area contributed by atoms with Gasteiger partial charge in [0.15, 0.2) is 0 Å². The number of hydrogen-bond donors (Lipinski definition) is 1. The summed E-state index contributed by atoms with van der Waals surface area (Å²) < 4.78 is 11.1. The Bertz CT molecular complexity index is 109. The van der Waals surface area contributed by atoms with Crippen molar-refractivity contribution < 1.29 is 8.85 Å². The Balaban J connectivity index is 3.42. The third-order valence-electron chi connectivity index (χ3n) is 1.52. The molecule has 0 spiro atoms. The van der Waals surface area contributed by atoms with Gasteiger partial charge in [-0.1, -0.05) is 13.3 Å². The van der Waals surface area contributed by atoms with E-state index in [1.54, 1.807) is 0 Å². The Hall–Kier alpha value is 0.0969. The Morgan fingerprint density at radius 1 is 1.17 bits per heavy atom. The van der Waals surface area contributed by atoms with Gasteiger partial charge in [0.25, 0.3) is 0 Å². The molecular weight excluding hydrogens is 170 g/mol. The summed E-state index contributed by atoms with van der Waals surface area (Å²) in [4.78, 5) is 0. The first-order valence-corrected chi connectivity index (χ1v) is 7.42. The second-order valence-electron chi connectivity index (χ2n) is 3.24. The van der Waals surface area contributed by atoms with Crippen LogP contribution in [0.25, 0.3) is 0 Å². The number of rotatable bonds is 7. The molecule has 0 amide bonds. The Morgan fingerprint density at radius 2 is 1.75 bits per heavy atom. The molecule has 0 fully saturated rings.